The number of halogens is 2. The minimum atomic E-state index is -0.764. The van der Waals surface area contributed by atoms with Gasteiger partial charge in [-0.1, -0.05) is 24.9 Å². The Hall–Kier alpha value is -1.17. The van der Waals surface area contributed by atoms with E-state index in [9.17, 15) is 14.3 Å². The van der Waals surface area contributed by atoms with Crippen molar-refractivity contribution in [1.82, 2.24) is 4.90 Å². The number of hydrogen-bond donors (Lipinski definition) is 1. The van der Waals surface area contributed by atoms with E-state index in [4.69, 9.17) is 11.6 Å². The van der Waals surface area contributed by atoms with Crippen LogP contribution < -0.4 is 0 Å². The zero-order valence-corrected chi connectivity index (χ0v) is 13.1. The molecule has 0 radical (unpaired) electrons. The van der Waals surface area contributed by atoms with Gasteiger partial charge in [-0.15, -0.1) is 11.3 Å². The highest BCUT2D eigenvalue weighted by molar-refractivity contribution is 7.21. The Bertz CT molecular complexity index is 709. The molecule has 2 heterocycles. The summed E-state index contributed by atoms with van der Waals surface area (Å²) in [5.41, 5.74) is -0.764. The van der Waals surface area contributed by atoms with Crippen LogP contribution in [-0.4, -0.2) is 34.6 Å². The number of amides is 1. The smallest absolute Gasteiger partial charge is 0.265 e. The molecule has 21 heavy (non-hydrogen) atoms. The summed E-state index contributed by atoms with van der Waals surface area (Å²) in [4.78, 5) is 14.4. The number of nitrogens with zero attached hydrogens (tertiary/aromatic N) is 1. The number of hydrogen-bond acceptors (Lipinski definition) is 3. The third-order valence-corrected chi connectivity index (χ3v) is 5.40. The van der Waals surface area contributed by atoms with Crippen LogP contribution in [0.5, 0.6) is 0 Å². The number of carbonyl (C=O) groups excluding carboxylic acids is 1. The van der Waals surface area contributed by atoms with Crippen molar-refractivity contribution in [3.63, 3.8) is 0 Å². The van der Waals surface area contributed by atoms with Crippen LogP contribution >= 0.6 is 22.9 Å². The second-order valence-corrected chi connectivity index (χ2v) is 6.95. The molecule has 1 aliphatic rings. The molecule has 1 aromatic heterocycles. The fourth-order valence-corrected chi connectivity index (χ4v) is 4.26. The van der Waals surface area contributed by atoms with Crippen molar-refractivity contribution >= 4 is 38.9 Å². The lowest BCUT2D eigenvalue weighted by Crippen LogP contribution is -2.63. The van der Waals surface area contributed by atoms with E-state index in [2.05, 4.69) is 0 Å². The molecule has 1 aromatic carbocycles. The molecule has 0 bridgehead atoms. The van der Waals surface area contributed by atoms with Crippen molar-refractivity contribution in [3.8, 4) is 0 Å². The summed E-state index contributed by atoms with van der Waals surface area (Å²) in [6.45, 7) is 2.66. The molecule has 0 aliphatic carbocycles. The lowest BCUT2D eigenvalue weighted by Gasteiger charge is -2.46. The average molecular weight is 328 g/mol. The van der Waals surface area contributed by atoms with Gasteiger partial charge in [0, 0.05) is 10.1 Å². The van der Waals surface area contributed by atoms with Crippen molar-refractivity contribution in [3.05, 3.63) is 33.9 Å². The van der Waals surface area contributed by atoms with Crippen molar-refractivity contribution < 1.29 is 14.3 Å². The van der Waals surface area contributed by atoms with Gasteiger partial charge >= 0.3 is 0 Å². The molecule has 3 nitrogen and oxygen atoms in total. The van der Waals surface area contributed by atoms with Crippen LogP contribution in [0.15, 0.2) is 18.2 Å². The Morgan fingerprint density at radius 1 is 1.52 bits per heavy atom. The largest absolute Gasteiger partial charge is 0.386 e. The third kappa shape index (κ3) is 2.54. The van der Waals surface area contributed by atoms with E-state index >= 15 is 0 Å². The number of carbonyl (C=O) groups is 1. The molecular formula is C15H15ClFNO2S. The van der Waals surface area contributed by atoms with E-state index in [0.717, 1.165) is 6.42 Å². The van der Waals surface area contributed by atoms with Gasteiger partial charge in [-0.2, -0.15) is 0 Å². The van der Waals surface area contributed by atoms with E-state index in [1.807, 2.05) is 6.92 Å². The normalized spacial score (nSPS) is 17.0. The molecule has 1 aliphatic heterocycles. The van der Waals surface area contributed by atoms with Crippen molar-refractivity contribution in [2.45, 2.75) is 25.4 Å². The van der Waals surface area contributed by atoms with Crippen LogP contribution in [0.2, 0.25) is 5.02 Å². The first-order valence-corrected chi connectivity index (χ1v) is 8.02. The predicted octanol–water partition coefficient (Wildman–Crippen LogP) is 3.68. The number of benzene rings is 1. The van der Waals surface area contributed by atoms with Crippen LogP contribution in [0.1, 0.15) is 29.4 Å². The van der Waals surface area contributed by atoms with Gasteiger partial charge in [0.05, 0.1) is 23.7 Å². The van der Waals surface area contributed by atoms with Gasteiger partial charge in [0.1, 0.15) is 10.7 Å². The Labute approximate surface area is 130 Å². The molecule has 2 aromatic rings. The van der Waals surface area contributed by atoms with Gasteiger partial charge in [0.2, 0.25) is 0 Å². The molecule has 112 valence electrons. The summed E-state index contributed by atoms with van der Waals surface area (Å²) in [7, 11) is 0. The second kappa shape index (κ2) is 5.23. The first-order valence-electron chi connectivity index (χ1n) is 6.83. The molecule has 0 atom stereocenters. The zero-order chi connectivity index (χ0) is 15.2. The monoisotopic (exact) mass is 327 g/mol. The van der Waals surface area contributed by atoms with Gasteiger partial charge in [0.25, 0.3) is 5.91 Å². The lowest BCUT2D eigenvalue weighted by atomic mass is 9.89. The minimum absolute atomic E-state index is 0.192. The van der Waals surface area contributed by atoms with Gasteiger partial charge < -0.3 is 10.0 Å². The summed E-state index contributed by atoms with van der Waals surface area (Å²) in [5.74, 6) is -0.539. The van der Waals surface area contributed by atoms with Crippen LogP contribution in [0.25, 0.3) is 10.1 Å². The maximum atomic E-state index is 13.2. The first-order chi connectivity index (χ1) is 9.93. The third-order valence-electron chi connectivity index (χ3n) is 3.76. The lowest BCUT2D eigenvalue weighted by molar-refractivity contribution is -0.0858. The van der Waals surface area contributed by atoms with Crippen LogP contribution in [0.4, 0.5) is 4.39 Å². The van der Waals surface area contributed by atoms with E-state index < -0.39 is 5.60 Å². The number of thiophene rings is 1. The quantitative estimate of drug-likeness (QED) is 0.934. The highest BCUT2D eigenvalue weighted by atomic mass is 35.5. The zero-order valence-electron chi connectivity index (χ0n) is 11.5. The summed E-state index contributed by atoms with van der Waals surface area (Å²) in [6.07, 6.45) is 1.56. The number of rotatable bonds is 3. The van der Waals surface area contributed by atoms with Crippen molar-refractivity contribution in [2.75, 3.05) is 13.1 Å². The fraction of sp³-hybridized carbons (Fsp3) is 0.400. The topological polar surface area (TPSA) is 40.5 Å². The summed E-state index contributed by atoms with van der Waals surface area (Å²) in [5, 5.41) is 11.2. The van der Waals surface area contributed by atoms with E-state index in [0.29, 0.717) is 39.5 Å². The van der Waals surface area contributed by atoms with E-state index in [-0.39, 0.29) is 11.7 Å². The van der Waals surface area contributed by atoms with E-state index in [1.54, 1.807) is 11.0 Å². The number of fused-ring (bicyclic) bond motifs is 1. The van der Waals surface area contributed by atoms with Gasteiger partial charge in [-0.25, -0.2) is 4.39 Å². The molecule has 3 rings (SSSR count). The molecular weight excluding hydrogens is 313 g/mol. The Kier molecular flexibility index (Phi) is 3.67. The minimum Gasteiger partial charge on any atom is -0.386 e. The average Bonchev–Trinajstić information content (AvgIpc) is 2.72. The molecule has 0 saturated carbocycles. The molecule has 0 spiro atoms. The molecule has 1 saturated heterocycles. The molecule has 1 amide bonds. The van der Waals surface area contributed by atoms with Gasteiger partial charge in [-0.3, -0.25) is 4.79 Å². The standard InChI is InChI=1S/C15H15ClFNO2S/c1-2-5-15(20)7-18(8-15)14(19)13-12(16)10-4-3-9(17)6-11(10)21-13/h3-4,6,20H,2,5,7-8H2,1H3. The summed E-state index contributed by atoms with van der Waals surface area (Å²) in [6, 6.07) is 4.30. The van der Waals surface area contributed by atoms with Crippen molar-refractivity contribution in [2.24, 2.45) is 0 Å². The molecule has 0 unspecified atom stereocenters. The predicted molar refractivity (Wildman–Crippen MR) is 82.6 cm³/mol. The number of β-amino-alcohol motifs (C(OH)–C–C–N with tert-alkyl or cyclic N) is 1. The fourth-order valence-electron chi connectivity index (χ4n) is 2.75. The Balaban J connectivity index is 1.85. The second-order valence-electron chi connectivity index (χ2n) is 5.52. The Morgan fingerprint density at radius 2 is 2.24 bits per heavy atom. The first kappa shape index (κ1) is 14.8. The molecule has 1 N–H and O–H groups in total. The van der Waals surface area contributed by atoms with Gasteiger partial charge in [0.15, 0.2) is 0 Å². The Morgan fingerprint density at radius 3 is 2.90 bits per heavy atom. The highest BCUT2D eigenvalue weighted by Gasteiger charge is 2.43. The summed E-state index contributed by atoms with van der Waals surface area (Å²) < 4.78 is 13.9. The van der Waals surface area contributed by atoms with Crippen LogP contribution in [0, 0.1) is 5.82 Å². The molecule has 6 heteroatoms. The maximum absolute atomic E-state index is 13.2. The van der Waals surface area contributed by atoms with Crippen molar-refractivity contribution in [1.29, 1.82) is 0 Å². The maximum Gasteiger partial charge on any atom is 0.265 e. The van der Waals surface area contributed by atoms with Gasteiger partial charge in [-0.05, 0) is 24.6 Å². The van der Waals surface area contributed by atoms with Crippen LogP contribution in [-0.2, 0) is 0 Å². The van der Waals surface area contributed by atoms with E-state index in [1.165, 1.54) is 23.5 Å². The number of likely N-dealkylation sites (tertiary alicyclic amines) is 1. The highest BCUT2D eigenvalue weighted by Crippen LogP contribution is 2.38. The molecule has 1 fully saturated rings. The summed E-state index contributed by atoms with van der Waals surface area (Å²) >= 11 is 7.43. The SMILES string of the molecule is CCCC1(O)CN(C(=O)c2sc3cc(F)ccc3c2Cl)C1. The number of aliphatic hydroxyl groups is 1. The van der Waals surface area contributed by atoms with Crippen LogP contribution in [0.3, 0.4) is 0 Å².